The van der Waals surface area contributed by atoms with Crippen molar-refractivity contribution in [2.75, 3.05) is 49.9 Å². The molecule has 0 atom stereocenters. The van der Waals surface area contributed by atoms with Gasteiger partial charge in [0.15, 0.2) is 0 Å². The van der Waals surface area contributed by atoms with Gasteiger partial charge in [-0.2, -0.15) is 0 Å². The summed E-state index contributed by atoms with van der Waals surface area (Å²) in [6.45, 7) is 4.30. The summed E-state index contributed by atoms with van der Waals surface area (Å²) in [5.74, 6) is 1.71. The lowest BCUT2D eigenvalue weighted by atomic mass is 10.1. The molecule has 0 saturated carbocycles. The van der Waals surface area contributed by atoms with Crippen molar-refractivity contribution in [3.05, 3.63) is 59.7 Å². The largest absolute Gasteiger partial charge is 0.370 e. The number of amides is 4. The molecular weight excluding hydrogens is 480 g/mol. The topological polar surface area (TPSA) is 131 Å². The minimum Gasteiger partial charge on any atom is -0.370 e. The molecule has 0 unspecified atom stereocenters. The van der Waals surface area contributed by atoms with E-state index in [1.165, 1.54) is 0 Å². The number of rotatable bonds is 8. The number of urea groups is 2. The Labute approximate surface area is 217 Å². The number of anilines is 2. The third kappa shape index (κ3) is 8.16. The second kappa shape index (κ2) is 13.9. The Kier molecular flexibility index (Phi) is 10.4. The highest BCUT2D eigenvalue weighted by molar-refractivity contribution is 6.01. The number of halogens is 1. The number of amidine groups is 2. The highest BCUT2D eigenvalue weighted by Crippen LogP contribution is 2.13. The molecule has 2 aromatic rings. The third-order valence-electron chi connectivity index (χ3n) is 5.51. The average molecular weight is 513 g/mol. The number of benzene rings is 2. The van der Waals surface area contributed by atoms with Crippen molar-refractivity contribution in [1.82, 2.24) is 21.3 Å². The van der Waals surface area contributed by atoms with E-state index >= 15 is 0 Å². The Morgan fingerprint density at radius 1 is 0.750 bits per heavy atom. The van der Waals surface area contributed by atoms with Gasteiger partial charge in [-0.1, -0.05) is 24.3 Å². The molecule has 0 aromatic heterocycles. The minimum atomic E-state index is -0.291. The van der Waals surface area contributed by atoms with Crippen LogP contribution >= 0.6 is 12.4 Å². The SMILES string of the molecule is Cl.O=C(NCCCNC(=O)Nc1cccc(C2=NCCCN2)c1)Nc1cccc(C2=NCCCN2)c1. The van der Waals surface area contributed by atoms with Crippen molar-refractivity contribution in [2.24, 2.45) is 9.98 Å². The average Bonchev–Trinajstić information content (AvgIpc) is 2.90. The fraction of sp³-hybridized carbons (Fsp3) is 0.360. The van der Waals surface area contributed by atoms with Gasteiger partial charge in [-0.05, 0) is 43.5 Å². The van der Waals surface area contributed by atoms with Gasteiger partial charge in [-0.15, -0.1) is 12.4 Å². The molecule has 0 bridgehead atoms. The number of nitrogens with one attached hydrogen (secondary N) is 6. The first-order valence-electron chi connectivity index (χ1n) is 12.0. The summed E-state index contributed by atoms with van der Waals surface area (Å²) >= 11 is 0. The van der Waals surface area contributed by atoms with Crippen LogP contribution in [-0.2, 0) is 0 Å². The Morgan fingerprint density at radius 3 is 1.64 bits per heavy atom. The zero-order valence-electron chi connectivity index (χ0n) is 20.1. The van der Waals surface area contributed by atoms with Crippen LogP contribution in [0.4, 0.5) is 21.0 Å². The summed E-state index contributed by atoms with van der Waals surface area (Å²) < 4.78 is 0. The summed E-state index contributed by atoms with van der Waals surface area (Å²) in [4.78, 5) is 33.4. The molecule has 2 aliphatic rings. The number of aliphatic imine (C=N–C) groups is 2. The van der Waals surface area contributed by atoms with Crippen LogP contribution in [0, 0.1) is 0 Å². The van der Waals surface area contributed by atoms with Crippen LogP contribution < -0.4 is 31.9 Å². The number of hydrogen-bond acceptors (Lipinski definition) is 6. The molecule has 36 heavy (non-hydrogen) atoms. The second-order valence-corrected chi connectivity index (χ2v) is 8.30. The minimum absolute atomic E-state index is 0. The van der Waals surface area contributed by atoms with Crippen LogP contribution in [0.25, 0.3) is 0 Å². The lowest BCUT2D eigenvalue weighted by Crippen LogP contribution is -2.34. The molecule has 0 saturated heterocycles. The second-order valence-electron chi connectivity index (χ2n) is 8.30. The highest BCUT2D eigenvalue weighted by atomic mass is 35.5. The van der Waals surface area contributed by atoms with Gasteiger partial charge in [0.05, 0.1) is 0 Å². The van der Waals surface area contributed by atoms with Gasteiger partial charge in [0.2, 0.25) is 0 Å². The maximum absolute atomic E-state index is 12.2. The summed E-state index contributed by atoms with van der Waals surface area (Å²) in [6, 6.07) is 14.6. The summed E-state index contributed by atoms with van der Waals surface area (Å²) in [5.41, 5.74) is 3.30. The fourth-order valence-electron chi connectivity index (χ4n) is 3.78. The molecular formula is C25H33ClN8O2. The standard InChI is InChI=1S/C25H32N8O2.ClH/c34-24(32-20-8-1-6-18(16-20)22-26-10-3-11-27-22)30-14-5-15-31-25(35)33-21-9-2-7-19(17-21)23-28-12-4-13-29-23;/h1-2,6-9,16-17H,3-5,10-15H2,(H,26,27)(H,28,29)(H2,30,32,34)(H2,31,33,35);1H. The van der Waals surface area contributed by atoms with Gasteiger partial charge in [0.25, 0.3) is 0 Å². The number of hydrogen-bond donors (Lipinski definition) is 6. The molecule has 2 heterocycles. The van der Waals surface area contributed by atoms with E-state index in [1.807, 2.05) is 48.5 Å². The van der Waals surface area contributed by atoms with Crippen LogP contribution in [-0.4, -0.2) is 63.0 Å². The van der Waals surface area contributed by atoms with Crippen LogP contribution in [0.15, 0.2) is 58.5 Å². The number of carbonyl (C=O) groups excluding carboxylic acids is 2. The number of carbonyl (C=O) groups is 2. The third-order valence-corrected chi connectivity index (χ3v) is 5.51. The highest BCUT2D eigenvalue weighted by Gasteiger charge is 2.10. The van der Waals surface area contributed by atoms with E-state index in [1.54, 1.807) is 0 Å². The van der Waals surface area contributed by atoms with E-state index in [4.69, 9.17) is 0 Å². The Morgan fingerprint density at radius 2 is 1.22 bits per heavy atom. The molecule has 192 valence electrons. The predicted molar refractivity (Wildman–Crippen MR) is 147 cm³/mol. The van der Waals surface area contributed by atoms with Gasteiger partial charge >= 0.3 is 12.1 Å². The van der Waals surface area contributed by atoms with E-state index in [9.17, 15) is 9.59 Å². The fourth-order valence-corrected chi connectivity index (χ4v) is 3.78. The van der Waals surface area contributed by atoms with Crippen LogP contribution in [0.3, 0.4) is 0 Å². The molecule has 6 N–H and O–H groups in total. The Balaban J connectivity index is 0.00000361. The number of nitrogens with zero attached hydrogens (tertiary/aromatic N) is 2. The van der Waals surface area contributed by atoms with Crippen molar-refractivity contribution >= 4 is 47.5 Å². The van der Waals surface area contributed by atoms with Crippen molar-refractivity contribution < 1.29 is 9.59 Å². The monoisotopic (exact) mass is 512 g/mol. The molecule has 11 heteroatoms. The van der Waals surface area contributed by atoms with E-state index < -0.39 is 0 Å². The zero-order valence-corrected chi connectivity index (χ0v) is 20.9. The van der Waals surface area contributed by atoms with Crippen molar-refractivity contribution in [2.45, 2.75) is 19.3 Å². The maximum atomic E-state index is 12.2. The van der Waals surface area contributed by atoms with E-state index in [2.05, 4.69) is 41.9 Å². The quantitative estimate of drug-likeness (QED) is 0.303. The van der Waals surface area contributed by atoms with Gasteiger partial charge in [0, 0.05) is 61.8 Å². The molecule has 2 aromatic carbocycles. The van der Waals surface area contributed by atoms with E-state index in [0.29, 0.717) is 30.9 Å². The Bertz CT molecular complexity index is 1020. The first kappa shape index (κ1) is 26.8. The van der Waals surface area contributed by atoms with Crippen LogP contribution in [0.5, 0.6) is 0 Å². The van der Waals surface area contributed by atoms with Crippen molar-refractivity contribution in [3.63, 3.8) is 0 Å². The molecule has 0 aliphatic carbocycles. The molecule has 10 nitrogen and oxygen atoms in total. The molecule has 4 rings (SSSR count). The lowest BCUT2D eigenvalue weighted by Gasteiger charge is -2.16. The van der Waals surface area contributed by atoms with E-state index in [0.717, 1.165) is 61.8 Å². The lowest BCUT2D eigenvalue weighted by molar-refractivity contribution is 0.251. The normalized spacial score (nSPS) is 14.6. The van der Waals surface area contributed by atoms with Crippen LogP contribution in [0.1, 0.15) is 30.4 Å². The summed E-state index contributed by atoms with van der Waals surface area (Å²) in [7, 11) is 0. The predicted octanol–water partition coefficient (Wildman–Crippen LogP) is 2.92. The van der Waals surface area contributed by atoms with Gasteiger partial charge in [-0.25, -0.2) is 9.59 Å². The van der Waals surface area contributed by atoms with Crippen molar-refractivity contribution in [3.8, 4) is 0 Å². The van der Waals surface area contributed by atoms with Gasteiger partial charge in [-0.3, -0.25) is 9.98 Å². The Hall–Kier alpha value is -3.79. The molecule has 4 amide bonds. The van der Waals surface area contributed by atoms with E-state index in [-0.39, 0.29) is 24.5 Å². The van der Waals surface area contributed by atoms with Crippen LogP contribution in [0.2, 0.25) is 0 Å². The molecule has 2 aliphatic heterocycles. The van der Waals surface area contributed by atoms with Crippen molar-refractivity contribution in [1.29, 1.82) is 0 Å². The first-order valence-corrected chi connectivity index (χ1v) is 12.0. The van der Waals surface area contributed by atoms with Gasteiger partial charge < -0.3 is 31.9 Å². The summed E-state index contributed by atoms with van der Waals surface area (Å²) in [5, 5.41) is 17.9. The molecule has 0 spiro atoms. The van der Waals surface area contributed by atoms with Gasteiger partial charge in [0.1, 0.15) is 11.7 Å². The zero-order chi connectivity index (χ0) is 24.3. The summed E-state index contributed by atoms with van der Waals surface area (Å²) in [6.07, 6.45) is 2.66. The molecule has 0 radical (unpaired) electrons. The first-order chi connectivity index (χ1) is 17.2. The maximum Gasteiger partial charge on any atom is 0.319 e. The smallest absolute Gasteiger partial charge is 0.319 e. The molecule has 0 fully saturated rings.